The van der Waals surface area contributed by atoms with E-state index in [0.717, 1.165) is 16.6 Å². The highest BCUT2D eigenvalue weighted by Gasteiger charge is 2.20. The van der Waals surface area contributed by atoms with Crippen LogP contribution < -0.4 is 5.69 Å². The molecule has 0 spiro atoms. The lowest BCUT2D eigenvalue weighted by molar-refractivity contribution is -0.149. The first-order valence-electron chi connectivity index (χ1n) is 9.85. The molecular weight excluding hydrogens is 384 g/mol. The number of para-hydroxylation sites is 2. The van der Waals surface area contributed by atoms with Crippen molar-refractivity contribution in [2.24, 2.45) is 0 Å². The SMILES string of the molecule is CCn1c(=O)n(CCC(=O)OC(C)c2nnc(-c3ccccc3)o2)c2ccccc21. The number of benzene rings is 2. The minimum Gasteiger partial charge on any atom is -0.453 e. The van der Waals surface area contributed by atoms with Crippen molar-refractivity contribution < 1.29 is 13.9 Å². The fraction of sp³-hybridized carbons (Fsp3) is 0.273. The topological polar surface area (TPSA) is 92.2 Å². The van der Waals surface area contributed by atoms with E-state index in [4.69, 9.17) is 9.15 Å². The van der Waals surface area contributed by atoms with Gasteiger partial charge in [0.2, 0.25) is 5.89 Å². The van der Waals surface area contributed by atoms with E-state index in [0.29, 0.717) is 12.4 Å². The second-order valence-corrected chi connectivity index (χ2v) is 6.86. The normalized spacial score (nSPS) is 12.2. The number of esters is 1. The molecule has 4 rings (SSSR count). The molecule has 4 aromatic rings. The molecule has 0 aliphatic rings. The van der Waals surface area contributed by atoms with Crippen LogP contribution in [0.15, 0.2) is 63.8 Å². The van der Waals surface area contributed by atoms with Crippen LogP contribution in [-0.4, -0.2) is 25.3 Å². The lowest BCUT2D eigenvalue weighted by Crippen LogP contribution is -2.25. The van der Waals surface area contributed by atoms with Crippen LogP contribution in [0.2, 0.25) is 0 Å². The number of carbonyl (C=O) groups is 1. The average molecular weight is 406 g/mol. The molecule has 0 N–H and O–H groups in total. The highest BCUT2D eigenvalue weighted by Crippen LogP contribution is 2.22. The van der Waals surface area contributed by atoms with Crippen molar-refractivity contribution in [1.82, 2.24) is 19.3 Å². The molecule has 0 radical (unpaired) electrons. The van der Waals surface area contributed by atoms with Gasteiger partial charge in [-0.1, -0.05) is 30.3 Å². The summed E-state index contributed by atoms with van der Waals surface area (Å²) in [5, 5.41) is 7.99. The maximum absolute atomic E-state index is 12.7. The molecule has 154 valence electrons. The molecule has 0 bridgehead atoms. The van der Waals surface area contributed by atoms with Crippen LogP contribution in [0.25, 0.3) is 22.5 Å². The molecule has 0 fully saturated rings. The zero-order chi connectivity index (χ0) is 21.1. The third-order valence-electron chi connectivity index (χ3n) is 4.90. The fourth-order valence-corrected chi connectivity index (χ4v) is 3.40. The van der Waals surface area contributed by atoms with Gasteiger partial charge in [-0.2, -0.15) is 0 Å². The van der Waals surface area contributed by atoms with Gasteiger partial charge >= 0.3 is 11.7 Å². The average Bonchev–Trinajstić information content (AvgIpc) is 3.36. The monoisotopic (exact) mass is 406 g/mol. The number of hydrogen-bond acceptors (Lipinski definition) is 6. The first-order chi connectivity index (χ1) is 14.6. The van der Waals surface area contributed by atoms with Gasteiger partial charge in [0.05, 0.1) is 17.5 Å². The van der Waals surface area contributed by atoms with Gasteiger partial charge in [-0.15, -0.1) is 10.2 Å². The van der Waals surface area contributed by atoms with E-state index < -0.39 is 12.1 Å². The molecular formula is C22H22N4O4. The largest absolute Gasteiger partial charge is 0.453 e. The van der Waals surface area contributed by atoms with Crippen LogP contribution in [0.1, 0.15) is 32.3 Å². The smallest absolute Gasteiger partial charge is 0.329 e. The van der Waals surface area contributed by atoms with Gasteiger partial charge in [0.15, 0.2) is 6.10 Å². The lowest BCUT2D eigenvalue weighted by Gasteiger charge is -2.09. The van der Waals surface area contributed by atoms with Crippen LogP contribution >= 0.6 is 0 Å². The maximum atomic E-state index is 12.7. The molecule has 1 atom stereocenters. The predicted molar refractivity (Wildman–Crippen MR) is 111 cm³/mol. The second-order valence-electron chi connectivity index (χ2n) is 6.86. The predicted octanol–water partition coefficient (Wildman–Crippen LogP) is 3.57. The number of ether oxygens (including phenoxy) is 1. The number of nitrogens with zero attached hydrogens (tertiary/aromatic N) is 4. The zero-order valence-corrected chi connectivity index (χ0v) is 16.8. The Kier molecular flexibility index (Phi) is 5.47. The van der Waals surface area contributed by atoms with Crippen molar-refractivity contribution >= 4 is 17.0 Å². The highest BCUT2D eigenvalue weighted by atomic mass is 16.6. The van der Waals surface area contributed by atoms with Crippen LogP contribution in [0.3, 0.4) is 0 Å². The number of aryl methyl sites for hydroxylation is 2. The van der Waals surface area contributed by atoms with Gasteiger partial charge in [0.25, 0.3) is 5.89 Å². The molecule has 0 aliphatic carbocycles. The van der Waals surface area contributed by atoms with Crippen molar-refractivity contribution in [3.05, 3.63) is 71.0 Å². The van der Waals surface area contributed by atoms with E-state index in [1.165, 1.54) is 0 Å². The summed E-state index contributed by atoms with van der Waals surface area (Å²) in [5.41, 5.74) is 2.31. The molecule has 30 heavy (non-hydrogen) atoms. The van der Waals surface area contributed by atoms with Crippen molar-refractivity contribution in [2.75, 3.05) is 0 Å². The number of carbonyl (C=O) groups excluding carboxylic acids is 1. The van der Waals surface area contributed by atoms with Crippen LogP contribution in [0.5, 0.6) is 0 Å². The van der Waals surface area contributed by atoms with E-state index in [1.54, 1.807) is 16.1 Å². The summed E-state index contributed by atoms with van der Waals surface area (Å²) in [6.07, 6.45) is -0.627. The van der Waals surface area contributed by atoms with E-state index in [9.17, 15) is 9.59 Å². The van der Waals surface area contributed by atoms with Crippen molar-refractivity contribution in [1.29, 1.82) is 0 Å². The lowest BCUT2D eigenvalue weighted by atomic mass is 10.2. The van der Waals surface area contributed by atoms with Crippen molar-refractivity contribution in [3.63, 3.8) is 0 Å². The number of fused-ring (bicyclic) bond motifs is 1. The van der Waals surface area contributed by atoms with Crippen molar-refractivity contribution in [3.8, 4) is 11.5 Å². The van der Waals surface area contributed by atoms with Gasteiger partial charge < -0.3 is 9.15 Å². The van der Waals surface area contributed by atoms with Gasteiger partial charge in [0.1, 0.15) is 0 Å². The van der Waals surface area contributed by atoms with Crippen LogP contribution in [-0.2, 0) is 22.6 Å². The number of rotatable bonds is 7. The summed E-state index contributed by atoms with van der Waals surface area (Å²) in [7, 11) is 0. The first kappa shape index (κ1) is 19.6. The molecule has 0 aliphatic heterocycles. The van der Waals surface area contributed by atoms with Crippen LogP contribution in [0.4, 0.5) is 0 Å². The van der Waals surface area contributed by atoms with Gasteiger partial charge in [-0.25, -0.2) is 4.79 Å². The summed E-state index contributed by atoms with van der Waals surface area (Å²) in [6, 6.07) is 16.9. The third kappa shape index (κ3) is 3.76. The molecule has 2 heterocycles. The second kappa shape index (κ2) is 8.36. The Hall–Kier alpha value is -3.68. The summed E-state index contributed by atoms with van der Waals surface area (Å²) in [4.78, 5) is 25.0. The molecule has 8 nitrogen and oxygen atoms in total. The Balaban J connectivity index is 1.42. The number of aromatic nitrogens is 4. The Morgan fingerprint density at radius 2 is 1.70 bits per heavy atom. The Morgan fingerprint density at radius 1 is 1.03 bits per heavy atom. The van der Waals surface area contributed by atoms with E-state index in [-0.39, 0.29) is 24.5 Å². The maximum Gasteiger partial charge on any atom is 0.329 e. The van der Waals surface area contributed by atoms with Crippen LogP contribution in [0, 0.1) is 0 Å². The quantitative estimate of drug-likeness (QED) is 0.436. The Labute approximate surface area is 172 Å². The standard InChI is InChI=1S/C22H22N4O4/c1-3-25-17-11-7-8-12-18(17)26(22(25)28)14-13-19(27)29-15(2)20-23-24-21(30-20)16-9-5-4-6-10-16/h4-12,15H,3,13-14H2,1-2H3. The summed E-state index contributed by atoms with van der Waals surface area (Å²) in [6.45, 7) is 4.39. The fourth-order valence-electron chi connectivity index (χ4n) is 3.40. The van der Waals surface area contributed by atoms with Gasteiger partial charge in [-0.05, 0) is 38.1 Å². The van der Waals surface area contributed by atoms with E-state index in [2.05, 4.69) is 10.2 Å². The number of imidazole rings is 1. The molecule has 0 saturated heterocycles. The molecule has 0 amide bonds. The highest BCUT2D eigenvalue weighted by molar-refractivity contribution is 5.76. The molecule has 0 saturated carbocycles. The first-order valence-corrected chi connectivity index (χ1v) is 9.85. The Bertz CT molecular complexity index is 1220. The summed E-state index contributed by atoms with van der Waals surface area (Å²) >= 11 is 0. The minimum absolute atomic E-state index is 0.0572. The van der Waals surface area contributed by atoms with Crippen molar-refractivity contribution in [2.45, 2.75) is 39.5 Å². The molecule has 2 aromatic carbocycles. The van der Waals surface area contributed by atoms with E-state index >= 15 is 0 Å². The molecule has 8 heteroatoms. The number of hydrogen-bond donors (Lipinski definition) is 0. The van der Waals surface area contributed by atoms with Gasteiger partial charge in [0, 0.05) is 18.7 Å². The summed E-state index contributed by atoms with van der Waals surface area (Å²) in [5.74, 6) is 0.150. The Morgan fingerprint density at radius 3 is 2.40 bits per heavy atom. The summed E-state index contributed by atoms with van der Waals surface area (Å²) < 4.78 is 14.4. The minimum atomic E-state index is -0.684. The van der Waals surface area contributed by atoms with Gasteiger partial charge in [-0.3, -0.25) is 13.9 Å². The molecule has 2 aromatic heterocycles. The third-order valence-corrected chi connectivity index (χ3v) is 4.90. The molecule has 1 unspecified atom stereocenters. The zero-order valence-electron chi connectivity index (χ0n) is 16.8. The van der Waals surface area contributed by atoms with E-state index in [1.807, 2.05) is 61.5 Å².